The minimum atomic E-state index is -0.777. The number of nitrogens with one attached hydrogen (secondary N) is 1. The largest absolute Gasteiger partial charge is 0.481 e. The summed E-state index contributed by atoms with van der Waals surface area (Å²) in [6, 6.07) is 7.32. The summed E-state index contributed by atoms with van der Waals surface area (Å²) >= 11 is 3.39. The smallest absolute Gasteiger partial charge is 0.321 e. The molecule has 0 aromatic heterocycles. The Morgan fingerprint density at radius 2 is 2.15 bits per heavy atom. The molecule has 1 aromatic rings. The second kappa shape index (κ2) is 6.74. The molecule has 20 heavy (non-hydrogen) atoms. The number of likely N-dealkylation sites (tertiary alicyclic amines) is 1. The number of urea groups is 1. The van der Waals surface area contributed by atoms with E-state index in [-0.39, 0.29) is 18.4 Å². The molecule has 1 heterocycles. The molecule has 0 spiro atoms. The number of aliphatic carboxylic acids is 1. The van der Waals surface area contributed by atoms with Gasteiger partial charge < -0.3 is 15.3 Å². The molecule has 1 unspecified atom stereocenters. The lowest BCUT2D eigenvalue weighted by atomic mass is 10.0. The third-order valence-corrected chi connectivity index (χ3v) is 4.15. The van der Waals surface area contributed by atoms with Crippen molar-refractivity contribution in [1.82, 2.24) is 4.90 Å². The summed E-state index contributed by atoms with van der Waals surface area (Å²) in [5, 5.41) is 11.5. The molecule has 108 valence electrons. The highest BCUT2D eigenvalue weighted by Gasteiger charge is 2.26. The molecule has 1 aliphatic heterocycles. The van der Waals surface area contributed by atoms with Crippen molar-refractivity contribution in [2.24, 2.45) is 5.92 Å². The van der Waals surface area contributed by atoms with Crippen molar-refractivity contribution in [2.45, 2.75) is 19.3 Å². The van der Waals surface area contributed by atoms with Gasteiger partial charge in [0, 0.05) is 24.0 Å². The average molecular weight is 341 g/mol. The van der Waals surface area contributed by atoms with Crippen molar-refractivity contribution in [2.75, 3.05) is 18.4 Å². The number of anilines is 1. The maximum Gasteiger partial charge on any atom is 0.321 e. The van der Waals surface area contributed by atoms with Gasteiger partial charge in [0.1, 0.15) is 0 Å². The van der Waals surface area contributed by atoms with Crippen LogP contribution in [0.25, 0.3) is 0 Å². The fourth-order valence-electron chi connectivity index (χ4n) is 2.34. The molecule has 0 radical (unpaired) electrons. The lowest BCUT2D eigenvalue weighted by Gasteiger charge is -2.18. The van der Waals surface area contributed by atoms with Crippen molar-refractivity contribution in [3.63, 3.8) is 0 Å². The Hall–Kier alpha value is -1.56. The van der Waals surface area contributed by atoms with Crippen LogP contribution in [0.5, 0.6) is 0 Å². The van der Waals surface area contributed by atoms with Gasteiger partial charge in [-0.25, -0.2) is 4.79 Å². The predicted octanol–water partition coefficient (Wildman–Crippen LogP) is 3.17. The standard InChI is InChI=1S/C14H17BrN2O3/c15-11-3-1-2-4-12(11)16-14(20)17-8-7-10(9-17)5-6-13(18)19/h1-4,10H,5-9H2,(H,16,20)(H,18,19). The van der Waals surface area contributed by atoms with Gasteiger partial charge in [0.2, 0.25) is 0 Å². The zero-order valence-corrected chi connectivity index (χ0v) is 12.6. The maximum atomic E-state index is 12.1. The summed E-state index contributed by atoms with van der Waals surface area (Å²) in [4.78, 5) is 24.4. The van der Waals surface area contributed by atoms with Gasteiger partial charge in [-0.1, -0.05) is 12.1 Å². The van der Waals surface area contributed by atoms with Crippen LogP contribution < -0.4 is 5.32 Å². The van der Waals surface area contributed by atoms with Gasteiger partial charge >= 0.3 is 12.0 Å². The predicted molar refractivity (Wildman–Crippen MR) is 79.7 cm³/mol. The van der Waals surface area contributed by atoms with Gasteiger partial charge in [-0.2, -0.15) is 0 Å². The molecule has 1 atom stereocenters. The number of rotatable bonds is 4. The van der Waals surface area contributed by atoms with Crippen molar-refractivity contribution < 1.29 is 14.7 Å². The van der Waals surface area contributed by atoms with E-state index in [2.05, 4.69) is 21.2 Å². The van der Waals surface area contributed by atoms with E-state index >= 15 is 0 Å². The minimum Gasteiger partial charge on any atom is -0.481 e. The number of hydrogen-bond donors (Lipinski definition) is 2. The van der Waals surface area contributed by atoms with E-state index in [9.17, 15) is 9.59 Å². The summed E-state index contributed by atoms with van der Waals surface area (Å²) in [6.07, 6.45) is 1.68. The first-order valence-electron chi connectivity index (χ1n) is 6.58. The van der Waals surface area contributed by atoms with E-state index in [1.165, 1.54) is 0 Å². The summed E-state index contributed by atoms with van der Waals surface area (Å²) in [6.45, 7) is 1.31. The van der Waals surface area contributed by atoms with Crippen LogP contribution >= 0.6 is 15.9 Å². The number of carbonyl (C=O) groups is 2. The number of hydrogen-bond acceptors (Lipinski definition) is 2. The lowest BCUT2D eigenvalue weighted by molar-refractivity contribution is -0.137. The van der Waals surface area contributed by atoms with Gasteiger partial charge in [0.25, 0.3) is 0 Å². The van der Waals surface area contributed by atoms with Crippen LogP contribution in [-0.4, -0.2) is 35.1 Å². The molecule has 1 aliphatic rings. The monoisotopic (exact) mass is 340 g/mol. The normalized spacial score (nSPS) is 18.1. The highest BCUT2D eigenvalue weighted by molar-refractivity contribution is 9.10. The number of carbonyl (C=O) groups excluding carboxylic acids is 1. The lowest BCUT2D eigenvalue weighted by Crippen LogP contribution is -2.33. The SMILES string of the molecule is O=C(O)CCC1CCN(C(=O)Nc2ccccc2Br)C1. The average Bonchev–Trinajstić information content (AvgIpc) is 2.88. The van der Waals surface area contributed by atoms with Gasteiger partial charge in [-0.3, -0.25) is 4.79 Å². The van der Waals surface area contributed by atoms with E-state index in [4.69, 9.17) is 5.11 Å². The molecule has 2 amide bonds. The quantitative estimate of drug-likeness (QED) is 0.884. The summed E-state index contributed by atoms with van der Waals surface area (Å²) < 4.78 is 0.843. The molecule has 0 bridgehead atoms. The van der Waals surface area contributed by atoms with Crippen molar-refractivity contribution in [3.05, 3.63) is 28.7 Å². The molecule has 1 aromatic carbocycles. The van der Waals surface area contributed by atoms with E-state index in [0.717, 1.165) is 16.6 Å². The van der Waals surface area contributed by atoms with Crippen LogP contribution in [0.15, 0.2) is 28.7 Å². The van der Waals surface area contributed by atoms with Gasteiger partial charge in [0.05, 0.1) is 5.69 Å². The summed E-state index contributed by atoms with van der Waals surface area (Å²) in [7, 11) is 0. The van der Waals surface area contributed by atoms with Crippen LogP contribution in [0.2, 0.25) is 0 Å². The first kappa shape index (κ1) is 14.8. The Bertz CT molecular complexity index is 507. The molecule has 2 rings (SSSR count). The van der Waals surface area contributed by atoms with Crippen molar-refractivity contribution in [1.29, 1.82) is 0 Å². The summed E-state index contributed by atoms with van der Waals surface area (Å²) in [5.41, 5.74) is 0.742. The first-order chi connectivity index (χ1) is 9.56. The van der Waals surface area contributed by atoms with Crippen molar-refractivity contribution >= 4 is 33.6 Å². The zero-order chi connectivity index (χ0) is 14.5. The molecule has 0 saturated carbocycles. The number of para-hydroxylation sites is 1. The molecule has 2 N–H and O–H groups in total. The number of benzene rings is 1. The van der Waals surface area contributed by atoms with Crippen molar-refractivity contribution in [3.8, 4) is 0 Å². The van der Waals surface area contributed by atoms with Gasteiger partial charge in [-0.15, -0.1) is 0 Å². The first-order valence-corrected chi connectivity index (χ1v) is 7.38. The third-order valence-electron chi connectivity index (χ3n) is 3.45. The Morgan fingerprint density at radius 1 is 1.40 bits per heavy atom. The molecule has 6 heteroatoms. The maximum absolute atomic E-state index is 12.1. The third kappa shape index (κ3) is 3.96. The second-order valence-corrected chi connectivity index (χ2v) is 5.80. The molecule has 5 nitrogen and oxygen atoms in total. The summed E-state index contributed by atoms with van der Waals surface area (Å²) in [5.74, 6) is -0.489. The topological polar surface area (TPSA) is 69.6 Å². The molecule has 0 aliphatic carbocycles. The van der Waals surface area contributed by atoms with Gasteiger partial charge in [-0.05, 0) is 46.8 Å². The van der Waals surface area contributed by atoms with Crippen LogP contribution in [0, 0.1) is 5.92 Å². The Morgan fingerprint density at radius 3 is 2.85 bits per heavy atom. The Kier molecular flexibility index (Phi) is 5.00. The highest BCUT2D eigenvalue weighted by atomic mass is 79.9. The van der Waals surface area contributed by atoms with Crippen LogP contribution in [0.3, 0.4) is 0 Å². The van der Waals surface area contributed by atoms with Gasteiger partial charge in [0.15, 0.2) is 0 Å². The molecule has 1 fully saturated rings. The minimum absolute atomic E-state index is 0.130. The van der Waals surface area contributed by atoms with Crippen LogP contribution in [0.4, 0.5) is 10.5 Å². The van der Waals surface area contributed by atoms with E-state index < -0.39 is 5.97 Å². The van der Waals surface area contributed by atoms with Crippen LogP contribution in [0.1, 0.15) is 19.3 Å². The number of nitrogens with zero attached hydrogens (tertiary/aromatic N) is 1. The fourth-order valence-corrected chi connectivity index (χ4v) is 2.72. The number of carboxylic acid groups (broad SMARTS) is 1. The Balaban J connectivity index is 1.85. The molecule has 1 saturated heterocycles. The molecular weight excluding hydrogens is 324 g/mol. The highest BCUT2D eigenvalue weighted by Crippen LogP contribution is 2.24. The number of amides is 2. The zero-order valence-electron chi connectivity index (χ0n) is 11.0. The van der Waals surface area contributed by atoms with Crippen LogP contribution in [-0.2, 0) is 4.79 Å². The number of halogens is 1. The fraction of sp³-hybridized carbons (Fsp3) is 0.429. The Labute approximate surface area is 126 Å². The van der Waals surface area contributed by atoms with E-state index in [1.807, 2.05) is 24.3 Å². The number of carboxylic acids is 1. The second-order valence-electron chi connectivity index (χ2n) is 4.94. The van der Waals surface area contributed by atoms with E-state index in [0.29, 0.717) is 19.5 Å². The molecular formula is C14H17BrN2O3. The van der Waals surface area contributed by atoms with E-state index in [1.54, 1.807) is 4.90 Å².